The molecule has 0 amide bonds. The predicted octanol–water partition coefficient (Wildman–Crippen LogP) is 4.56. The minimum Gasteiger partial charge on any atom is -0.481 e. The van der Waals surface area contributed by atoms with Crippen molar-refractivity contribution in [2.45, 2.75) is 84.5 Å². The van der Waals surface area contributed by atoms with Crippen LogP contribution in [0.1, 0.15) is 84.5 Å². The number of hydrogen-bond acceptors (Lipinski definition) is 3. The van der Waals surface area contributed by atoms with E-state index in [9.17, 15) is 9.59 Å². The number of aliphatic carboxylic acids is 1. The lowest BCUT2D eigenvalue weighted by atomic mass is 9.98. The van der Waals surface area contributed by atoms with Gasteiger partial charge in [0.2, 0.25) is 0 Å². The Hall–Kier alpha value is -1.06. The second kappa shape index (κ2) is 13.9. The number of carboxylic acid groups (broad SMARTS) is 1. The molecule has 0 heterocycles. The summed E-state index contributed by atoms with van der Waals surface area (Å²) in [5.74, 6) is -0.665. The maximum atomic E-state index is 11.6. The molecule has 0 aliphatic rings. The van der Waals surface area contributed by atoms with Gasteiger partial charge in [-0.05, 0) is 26.2 Å². The van der Waals surface area contributed by atoms with Crippen molar-refractivity contribution < 1.29 is 19.4 Å². The molecule has 0 aromatic heterocycles. The Balaban J connectivity index is 3.38. The Kier molecular flexibility index (Phi) is 13.2. The molecule has 1 unspecified atom stereocenters. The molecular formula is C17H32O4. The number of unbranched alkanes of at least 4 members (excludes halogenated alkanes) is 7. The van der Waals surface area contributed by atoms with Gasteiger partial charge in [0, 0.05) is 6.42 Å². The number of carbonyl (C=O) groups is 2. The molecule has 0 fully saturated rings. The van der Waals surface area contributed by atoms with Crippen LogP contribution in [0.25, 0.3) is 0 Å². The number of rotatable bonds is 14. The highest BCUT2D eigenvalue weighted by Gasteiger charge is 2.16. The molecule has 0 saturated carbocycles. The van der Waals surface area contributed by atoms with Crippen LogP contribution in [0.2, 0.25) is 0 Å². The molecule has 0 spiro atoms. The molecule has 0 aliphatic heterocycles. The first-order chi connectivity index (χ1) is 10.1. The van der Waals surface area contributed by atoms with Crippen LogP contribution in [0.4, 0.5) is 0 Å². The molecule has 124 valence electrons. The van der Waals surface area contributed by atoms with E-state index in [2.05, 4.69) is 0 Å². The summed E-state index contributed by atoms with van der Waals surface area (Å²) in [6.45, 7) is 4.36. The van der Waals surface area contributed by atoms with E-state index in [-0.39, 0.29) is 11.9 Å². The number of carboxylic acids is 1. The summed E-state index contributed by atoms with van der Waals surface area (Å²) in [5.41, 5.74) is 0. The Labute approximate surface area is 129 Å². The minimum absolute atomic E-state index is 0.0431. The van der Waals surface area contributed by atoms with Crippen LogP contribution in [0, 0.1) is 5.92 Å². The van der Waals surface area contributed by atoms with Crippen LogP contribution in [0.15, 0.2) is 0 Å². The number of carbonyl (C=O) groups excluding carboxylic acids is 1. The van der Waals surface area contributed by atoms with Crippen molar-refractivity contribution >= 4 is 11.9 Å². The van der Waals surface area contributed by atoms with Gasteiger partial charge < -0.3 is 9.84 Å². The standard InChI is InChI=1S/C17H32O4/c1-3-15(17(20)21-4-2)13-11-9-7-5-6-8-10-12-14-16(18)19/h15H,3-14H2,1-2H3,(H,18,19). The van der Waals surface area contributed by atoms with Gasteiger partial charge in [0.15, 0.2) is 0 Å². The lowest BCUT2D eigenvalue weighted by molar-refractivity contribution is -0.148. The number of ether oxygens (including phenoxy) is 1. The van der Waals surface area contributed by atoms with Gasteiger partial charge in [0.1, 0.15) is 0 Å². The molecular weight excluding hydrogens is 268 g/mol. The van der Waals surface area contributed by atoms with Gasteiger partial charge in [-0.2, -0.15) is 0 Å². The van der Waals surface area contributed by atoms with Gasteiger partial charge in [-0.25, -0.2) is 0 Å². The Morgan fingerprint density at radius 2 is 1.43 bits per heavy atom. The first-order valence-corrected chi connectivity index (χ1v) is 8.50. The summed E-state index contributed by atoms with van der Waals surface area (Å²) in [5, 5.41) is 8.52. The Morgan fingerprint density at radius 1 is 0.905 bits per heavy atom. The van der Waals surface area contributed by atoms with Gasteiger partial charge in [-0.1, -0.05) is 51.9 Å². The summed E-state index contributed by atoms with van der Waals surface area (Å²) in [6, 6.07) is 0. The molecule has 21 heavy (non-hydrogen) atoms. The van der Waals surface area contributed by atoms with Crippen LogP contribution in [0.3, 0.4) is 0 Å². The van der Waals surface area contributed by atoms with Crippen molar-refractivity contribution in [3.05, 3.63) is 0 Å². The maximum absolute atomic E-state index is 11.6. The van der Waals surface area contributed by atoms with Crippen LogP contribution in [0.5, 0.6) is 0 Å². The molecule has 1 N–H and O–H groups in total. The van der Waals surface area contributed by atoms with E-state index in [1.165, 1.54) is 25.7 Å². The van der Waals surface area contributed by atoms with E-state index in [1.54, 1.807) is 0 Å². The molecule has 4 nitrogen and oxygen atoms in total. The van der Waals surface area contributed by atoms with E-state index in [4.69, 9.17) is 9.84 Å². The first-order valence-electron chi connectivity index (χ1n) is 8.50. The predicted molar refractivity (Wildman–Crippen MR) is 84.2 cm³/mol. The Bertz CT molecular complexity index is 276. The fourth-order valence-electron chi connectivity index (χ4n) is 2.48. The van der Waals surface area contributed by atoms with Crippen molar-refractivity contribution in [1.29, 1.82) is 0 Å². The monoisotopic (exact) mass is 300 g/mol. The lowest BCUT2D eigenvalue weighted by Gasteiger charge is -2.13. The van der Waals surface area contributed by atoms with E-state index >= 15 is 0 Å². The second-order valence-corrected chi connectivity index (χ2v) is 5.62. The van der Waals surface area contributed by atoms with Crippen LogP contribution in [-0.2, 0) is 14.3 Å². The zero-order chi connectivity index (χ0) is 15.9. The molecule has 0 radical (unpaired) electrons. The van der Waals surface area contributed by atoms with Crippen molar-refractivity contribution in [2.24, 2.45) is 5.92 Å². The van der Waals surface area contributed by atoms with Gasteiger partial charge in [0.05, 0.1) is 12.5 Å². The van der Waals surface area contributed by atoms with Crippen molar-refractivity contribution in [2.75, 3.05) is 6.61 Å². The molecule has 0 rings (SSSR count). The summed E-state index contributed by atoms with van der Waals surface area (Å²) in [6.07, 6.45) is 10.9. The molecule has 0 bridgehead atoms. The summed E-state index contributed by atoms with van der Waals surface area (Å²) >= 11 is 0. The van der Waals surface area contributed by atoms with Crippen molar-refractivity contribution in [1.82, 2.24) is 0 Å². The average Bonchev–Trinajstić information content (AvgIpc) is 2.44. The molecule has 0 aromatic rings. The zero-order valence-corrected chi connectivity index (χ0v) is 13.7. The highest BCUT2D eigenvalue weighted by atomic mass is 16.5. The topological polar surface area (TPSA) is 63.6 Å². The first kappa shape index (κ1) is 19.9. The largest absolute Gasteiger partial charge is 0.481 e. The Morgan fingerprint density at radius 3 is 1.90 bits per heavy atom. The lowest BCUT2D eigenvalue weighted by Crippen LogP contribution is -2.16. The molecule has 0 aliphatic carbocycles. The van der Waals surface area contributed by atoms with Gasteiger partial charge in [0.25, 0.3) is 0 Å². The minimum atomic E-state index is -0.693. The van der Waals surface area contributed by atoms with Crippen molar-refractivity contribution in [3.8, 4) is 0 Å². The number of hydrogen-bond donors (Lipinski definition) is 1. The van der Waals surface area contributed by atoms with Gasteiger partial charge in [-0.15, -0.1) is 0 Å². The number of esters is 1. The van der Waals surface area contributed by atoms with E-state index in [0.29, 0.717) is 13.0 Å². The van der Waals surface area contributed by atoms with Crippen molar-refractivity contribution in [3.63, 3.8) is 0 Å². The van der Waals surface area contributed by atoms with Crippen LogP contribution < -0.4 is 0 Å². The van der Waals surface area contributed by atoms with E-state index in [1.807, 2.05) is 13.8 Å². The smallest absolute Gasteiger partial charge is 0.308 e. The van der Waals surface area contributed by atoms with Crippen LogP contribution >= 0.6 is 0 Å². The zero-order valence-electron chi connectivity index (χ0n) is 13.7. The highest BCUT2D eigenvalue weighted by molar-refractivity contribution is 5.72. The van der Waals surface area contributed by atoms with Crippen LogP contribution in [-0.4, -0.2) is 23.7 Å². The fraction of sp³-hybridized carbons (Fsp3) is 0.882. The van der Waals surface area contributed by atoms with Gasteiger partial charge in [-0.3, -0.25) is 9.59 Å². The fourth-order valence-corrected chi connectivity index (χ4v) is 2.48. The van der Waals surface area contributed by atoms with E-state index < -0.39 is 5.97 Å². The molecule has 0 aromatic carbocycles. The maximum Gasteiger partial charge on any atom is 0.308 e. The summed E-state index contributed by atoms with van der Waals surface area (Å²) in [4.78, 5) is 22.0. The summed E-state index contributed by atoms with van der Waals surface area (Å²) in [7, 11) is 0. The summed E-state index contributed by atoms with van der Waals surface area (Å²) < 4.78 is 5.06. The third-order valence-corrected chi connectivity index (χ3v) is 3.81. The van der Waals surface area contributed by atoms with E-state index in [0.717, 1.165) is 38.5 Å². The molecule has 1 atom stereocenters. The molecule has 4 heteroatoms. The third kappa shape index (κ3) is 12.4. The quantitative estimate of drug-likeness (QED) is 0.377. The molecule has 0 saturated heterocycles. The third-order valence-electron chi connectivity index (χ3n) is 3.81. The highest BCUT2D eigenvalue weighted by Crippen LogP contribution is 2.17. The second-order valence-electron chi connectivity index (χ2n) is 5.62. The normalized spacial score (nSPS) is 12.1. The average molecular weight is 300 g/mol. The SMILES string of the molecule is CCOC(=O)C(CC)CCCCCCCCCCC(=O)O. The van der Waals surface area contributed by atoms with Gasteiger partial charge >= 0.3 is 11.9 Å².